The Bertz CT molecular complexity index is 551. The van der Waals surface area contributed by atoms with Crippen LogP contribution in [0.4, 0.5) is 0 Å². The topological polar surface area (TPSA) is 29.5 Å². The Morgan fingerprint density at radius 2 is 1.58 bits per heavy atom. The standard InChI is InChI=1S/C16H17ClO2/c1-10-8-14(17)9-11(2)16(10)19-15-6-4-13(5-7-15)12(3)18/h4-9,12,18H,1-3H3. The molecule has 0 aliphatic rings. The number of halogens is 1. The molecular weight excluding hydrogens is 260 g/mol. The highest BCUT2D eigenvalue weighted by atomic mass is 35.5. The normalized spacial score (nSPS) is 12.3. The van der Waals surface area contributed by atoms with E-state index < -0.39 is 6.10 Å². The quantitative estimate of drug-likeness (QED) is 0.872. The first kappa shape index (κ1) is 13.9. The molecule has 0 bridgehead atoms. The van der Waals surface area contributed by atoms with Gasteiger partial charge in [0.05, 0.1) is 6.10 Å². The molecule has 0 aliphatic carbocycles. The summed E-state index contributed by atoms with van der Waals surface area (Å²) in [6, 6.07) is 11.2. The van der Waals surface area contributed by atoms with Crippen LogP contribution < -0.4 is 4.74 Å². The molecule has 3 heteroatoms. The van der Waals surface area contributed by atoms with Gasteiger partial charge in [-0.1, -0.05) is 23.7 Å². The fourth-order valence-electron chi connectivity index (χ4n) is 1.99. The predicted octanol–water partition coefficient (Wildman–Crippen LogP) is 4.80. The van der Waals surface area contributed by atoms with Gasteiger partial charge in [0.1, 0.15) is 11.5 Å². The summed E-state index contributed by atoms with van der Waals surface area (Å²) in [6.07, 6.45) is -0.465. The summed E-state index contributed by atoms with van der Waals surface area (Å²) >= 11 is 6.00. The molecule has 0 saturated carbocycles. The fourth-order valence-corrected chi connectivity index (χ4v) is 2.32. The van der Waals surface area contributed by atoms with Crippen LogP contribution in [-0.4, -0.2) is 5.11 Å². The number of aliphatic hydroxyl groups excluding tert-OH is 1. The Hall–Kier alpha value is -1.51. The van der Waals surface area contributed by atoms with Gasteiger partial charge in [-0.25, -0.2) is 0 Å². The van der Waals surface area contributed by atoms with E-state index in [4.69, 9.17) is 16.3 Å². The highest BCUT2D eigenvalue weighted by molar-refractivity contribution is 6.30. The molecule has 1 N–H and O–H groups in total. The Labute approximate surface area is 118 Å². The molecule has 2 aromatic rings. The molecule has 0 aliphatic heterocycles. The first-order valence-corrected chi connectivity index (χ1v) is 6.58. The van der Waals surface area contributed by atoms with Gasteiger partial charge >= 0.3 is 0 Å². The Morgan fingerprint density at radius 1 is 1.05 bits per heavy atom. The van der Waals surface area contributed by atoms with Crippen LogP contribution in [0.5, 0.6) is 11.5 Å². The predicted molar refractivity (Wildman–Crippen MR) is 78.1 cm³/mol. The molecule has 2 nitrogen and oxygen atoms in total. The SMILES string of the molecule is Cc1cc(Cl)cc(C)c1Oc1ccc(C(C)O)cc1. The maximum atomic E-state index is 9.47. The van der Waals surface area contributed by atoms with Crippen LogP contribution >= 0.6 is 11.6 Å². The van der Waals surface area contributed by atoms with Crippen LogP contribution in [0.25, 0.3) is 0 Å². The number of hydrogen-bond donors (Lipinski definition) is 1. The molecule has 2 rings (SSSR count). The van der Waals surface area contributed by atoms with E-state index >= 15 is 0 Å². The number of benzene rings is 2. The monoisotopic (exact) mass is 276 g/mol. The minimum atomic E-state index is -0.465. The van der Waals surface area contributed by atoms with E-state index in [1.807, 2.05) is 50.2 Å². The summed E-state index contributed by atoms with van der Waals surface area (Å²) in [4.78, 5) is 0. The van der Waals surface area contributed by atoms with E-state index in [-0.39, 0.29) is 0 Å². The van der Waals surface area contributed by atoms with Gasteiger partial charge in [-0.15, -0.1) is 0 Å². The highest BCUT2D eigenvalue weighted by Gasteiger charge is 2.07. The number of aliphatic hydroxyl groups is 1. The average Bonchev–Trinajstić information content (AvgIpc) is 2.34. The van der Waals surface area contributed by atoms with E-state index in [2.05, 4.69) is 0 Å². The van der Waals surface area contributed by atoms with Crippen molar-refractivity contribution in [2.24, 2.45) is 0 Å². The van der Waals surface area contributed by atoms with E-state index in [0.717, 1.165) is 28.2 Å². The molecule has 0 fully saturated rings. The van der Waals surface area contributed by atoms with E-state index in [1.54, 1.807) is 6.92 Å². The molecule has 0 aromatic heterocycles. The van der Waals surface area contributed by atoms with Crippen molar-refractivity contribution < 1.29 is 9.84 Å². The number of hydrogen-bond acceptors (Lipinski definition) is 2. The Balaban J connectivity index is 2.26. The van der Waals surface area contributed by atoms with E-state index in [0.29, 0.717) is 5.02 Å². The van der Waals surface area contributed by atoms with Gasteiger partial charge in [-0.05, 0) is 61.7 Å². The minimum Gasteiger partial charge on any atom is -0.457 e. The third kappa shape index (κ3) is 3.28. The van der Waals surface area contributed by atoms with Gasteiger partial charge in [-0.3, -0.25) is 0 Å². The second kappa shape index (κ2) is 5.64. The first-order valence-electron chi connectivity index (χ1n) is 6.20. The third-order valence-electron chi connectivity index (χ3n) is 3.01. The molecule has 19 heavy (non-hydrogen) atoms. The maximum Gasteiger partial charge on any atom is 0.133 e. The van der Waals surface area contributed by atoms with Crippen molar-refractivity contribution in [3.05, 3.63) is 58.1 Å². The minimum absolute atomic E-state index is 0.465. The third-order valence-corrected chi connectivity index (χ3v) is 3.23. The second-order valence-corrected chi connectivity index (χ2v) is 5.15. The molecule has 1 unspecified atom stereocenters. The molecular formula is C16H17ClO2. The lowest BCUT2D eigenvalue weighted by atomic mass is 10.1. The first-order chi connectivity index (χ1) is 8.97. The van der Waals surface area contributed by atoms with Crippen molar-refractivity contribution in [3.8, 4) is 11.5 Å². The van der Waals surface area contributed by atoms with Crippen molar-refractivity contribution in [1.82, 2.24) is 0 Å². The van der Waals surface area contributed by atoms with Crippen LogP contribution in [0, 0.1) is 13.8 Å². The molecule has 0 spiro atoms. The Morgan fingerprint density at radius 3 is 2.05 bits per heavy atom. The summed E-state index contributed by atoms with van der Waals surface area (Å²) in [5.41, 5.74) is 2.88. The van der Waals surface area contributed by atoms with Crippen LogP contribution in [0.15, 0.2) is 36.4 Å². The van der Waals surface area contributed by atoms with Gasteiger partial charge in [-0.2, -0.15) is 0 Å². The van der Waals surface area contributed by atoms with Crippen LogP contribution in [-0.2, 0) is 0 Å². The van der Waals surface area contributed by atoms with Crippen molar-refractivity contribution in [2.75, 3.05) is 0 Å². The summed E-state index contributed by atoms with van der Waals surface area (Å²) in [5, 5.41) is 10.2. The Kier molecular flexibility index (Phi) is 4.13. The molecule has 2 aromatic carbocycles. The maximum absolute atomic E-state index is 9.47. The second-order valence-electron chi connectivity index (χ2n) is 4.72. The van der Waals surface area contributed by atoms with Crippen LogP contribution in [0.3, 0.4) is 0 Å². The smallest absolute Gasteiger partial charge is 0.133 e. The number of aryl methyl sites for hydroxylation is 2. The van der Waals surface area contributed by atoms with Crippen molar-refractivity contribution in [3.63, 3.8) is 0 Å². The number of ether oxygens (including phenoxy) is 1. The average molecular weight is 277 g/mol. The molecule has 0 heterocycles. The zero-order valence-corrected chi connectivity index (χ0v) is 12.0. The number of rotatable bonds is 3. The van der Waals surface area contributed by atoms with Crippen LogP contribution in [0.1, 0.15) is 29.7 Å². The zero-order valence-electron chi connectivity index (χ0n) is 11.3. The van der Waals surface area contributed by atoms with Gasteiger partial charge in [0.15, 0.2) is 0 Å². The largest absolute Gasteiger partial charge is 0.457 e. The van der Waals surface area contributed by atoms with E-state index in [1.165, 1.54) is 0 Å². The van der Waals surface area contributed by atoms with Gasteiger partial charge in [0.2, 0.25) is 0 Å². The fraction of sp³-hybridized carbons (Fsp3) is 0.250. The van der Waals surface area contributed by atoms with Crippen molar-refractivity contribution in [1.29, 1.82) is 0 Å². The summed E-state index contributed by atoms with van der Waals surface area (Å²) in [5.74, 6) is 1.58. The lowest BCUT2D eigenvalue weighted by Crippen LogP contribution is -1.93. The van der Waals surface area contributed by atoms with Crippen LogP contribution in [0.2, 0.25) is 5.02 Å². The molecule has 1 atom stereocenters. The van der Waals surface area contributed by atoms with Crippen molar-refractivity contribution in [2.45, 2.75) is 26.9 Å². The molecule has 100 valence electrons. The highest BCUT2D eigenvalue weighted by Crippen LogP contribution is 2.31. The zero-order chi connectivity index (χ0) is 14.0. The van der Waals surface area contributed by atoms with Gasteiger partial charge in [0.25, 0.3) is 0 Å². The molecule has 0 radical (unpaired) electrons. The summed E-state index contributed by atoms with van der Waals surface area (Å²) < 4.78 is 5.89. The van der Waals surface area contributed by atoms with Gasteiger partial charge in [0, 0.05) is 5.02 Å². The summed E-state index contributed by atoms with van der Waals surface area (Å²) in [7, 11) is 0. The van der Waals surface area contributed by atoms with Crippen molar-refractivity contribution >= 4 is 11.6 Å². The lowest BCUT2D eigenvalue weighted by Gasteiger charge is -2.13. The van der Waals surface area contributed by atoms with E-state index in [9.17, 15) is 5.11 Å². The summed E-state index contributed by atoms with van der Waals surface area (Å²) in [6.45, 7) is 5.68. The lowest BCUT2D eigenvalue weighted by molar-refractivity contribution is 0.199. The molecule has 0 saturated heterocycles. The molecule has 0 amide bonds. The van der Waals surface area contributed by atoms with Gasteiger partial charge < -0.3 is 9.84 Å².